The number of imide groups is 2. The van der Waals surface area contributed by atoms with Crippen molar-refractivity contribution in [2.24, 2.45) is 15.3 Å². The van der Waals surface area contributed by atoms with Gasteiger partial charge in [0.2, 0.25) is 11.8 Å². The van der Waals surface area contributed by atoms with Gasteiger partial charge in [-0.2, -0.15) is 8.42 Å². The maximum absolute atomic E-state index is 12.8. The summed E-state index contributed by atoms with van der Waals surface area (Å²) in [4.78, 5) is 109. The number of benzene rings is 3. The van der Waals surface area contributed by atoms with Gasteiger partial charge in [-0.15, -0.1) is 4.40 Å². The van der Waals surface area contributed by atoms with Gasteiger partial charge in [0.15, 0.2) is 29.1 Å². The van der Waals surface area contributed by atoms with E-state index in [0.717, 1.165) is 16.7 Å². The fourth-order valence-corrected chi connectivity index (χ4v) is 11.6. The molecule has 0 aliphatic rings. The number of alkyl halides is 1. The topological polar surface area (TPSA) is 580 Å². The number of hydrogen-bond donors (Lipinski definition) is 13. The third-order valence-corrected chi connectivity index (χ3v) is 18.1. The zero-order valence-electron chi connectivity index (χ0n) is 57.0. The summed E-state index contributed by atoms with van der Waals surface area (Å²) in [7, 11) is -11.6. The molecule has 0 spiro atoms. The minimum atomic E-state index is -4.14. The van der Waals surface area contributed by atoms with Crippen LogP contribution >= 0.6 is 22.6 Å². The summed E-state index contributed by atoms with van der Waals surface area (Å²) >= 11 is 1.88. The summed E-state index contributed by atoms with van der Waals surface area (Å²) in [5.41, 5.74) is 10.5. The number of amidine groups is 1. The quantitative estimate of drug-likeness (QED) is 0.0135. The highest BCUT2D eigenvalue weighted by molar-refractivity contribution is 14.1. The van der Waals surface area contributed by atoms with E-state index < -0.39 is 71.9 Å². The third kappa shape index (κ3) is 24.9. The molecule has 8 amide bonds. The number of carbonyl (C=O) groups excluding carboxylic acids is 5. The molecule has 0 aliphatic heterocycles. The molecule has 0 bridgehead atoms. The van der Waals surface area contributed by atoms with Crippen molar-refractivity contribution >= 4 is 112 Å². The van der Waals surface area contributed by atoms with Gasteiger partial charge < -0.3 is 35.9 Å². The number of anilines is 3. The van der Waals surface area contributed by atoms with Gasteiger partial charge in [-0.05, 0) is 126 Å². The average molecular weight is 1640 g/mol. The van der Waals surface area contributed by atoms with Gasteiger partial charge in [0.1, 0.15) is 29.3 Å². The van der Waals surface area contributed by atoms with Crippen LogP contribution in [0, 0.1) is 20.8 Å². The number of amides is 8. The zero-order valence-corrected chi connectivity index (χ0v) is 61.6. The normalized spacial score (nSPS) is 11.3. The van der Waals surface area contributed by atoms with E-state index in [9.17, 15) is 63.6 Å². The molecule has 0 atom stereocenters. The monoisotopic (exact) mass is 1640 g/mol. The summed E-state index contributed by atoms with van der Waals surface area (Å²) in [5, 5.41) is 36.6. The molecule has 0 unspecified atom stereocenters. The second-order valence-corrected chi connectivity index (χ2v) is 27.3. The van der Waals surface area contributed by atoms with Crippen LogP contribution in [0.5, 0.6) is 0 Å². The van der Waals surface area contributed by atoms with E-state index in [0.29, 0.717) is 63.6 Å². The predicted octanol–water partition coefficient (Wildman–Crippen LogP) is 4.18. The van der Waals surface area contributed by atoms with Crippen molar-refractivity contribution in [3.8, 4) is 34.2 Å². The van der Waals surface area contributed by atoms with Gasteiger partial charge in [0.05, 0.1) is 25.3 Å². The van der Waals surface area contributed by atoms with E-state index in [1.165, 1.54) is 89.9 Å². The molecule has 44 heteroatoms. The Kier molecular flexibility index (Phi) is 28.9. The Morgan fingerprint density at radius 2 is 0.991 bits per heavy atom. The summed E-state index contributed by atoms with van der Waals surface area (Å²) < 4.78 is 99.9. The van der Waals surface area contributed by atoms with E-state index in [1.807, 2.05) is 50.3 Å². The molecule has 40 nitrogen and oxygen atoms in total. The Labute approximate surface area is 619 Å². The third-order valence-electron chi connectivity index (χ3n) is 13.4. The van der Waals surface area contributed by atoms with Crippen LogP contribution in [0.25, 0.3) is 39.8 Å². The maximum atomic E-state index is 12.8. The lowest BCUT2D eigenvalue weighted by Gasteiger charge is -2.09. The van der Waals surface area contributed by atoms with Gasteiger partial charge in [0, 0.05) is 66.7 Å². The smallest absolute Gasteiger partial charge is 0.409 e. The Morgan fingerprint density at radius 3 is 1.46 bits per heavy atom. The summed E-state index contributed by atoms with van der Waals surface area (Å²) in [6.45, 7) is 11.8. The highest BCUT2D eigenvalue weighted by Crippen LogP contribution is 2.22. The Bertz CT molecular complexity index is 5600. The van der Waals surface area contributed by atoms with E-state index in [-0.39, 0.29) is 61.2 Å². The van der Waals surface area contributed by atoms with Gasteiger partial charge in [-0.3, -0.25) is 63.5 Å². The highest BCUT2D eigenvalue weighted by Gasteiger charge is 2.20. The zero-order chi connectivity index (χ0) is 78.0. The number of halogens is 1. The molecule has 14 N–H and O–H groups in total. The van der Waals surface area contributed by atoms with Gasteiger partial charge in [-0.1, -0.05) is 96.3 Å². The van der Waals surface area contributed by atoms with Crippen LogP contribution in [0.1, 0.15) is 43.0 Å². The second-order valence-electron chi connectivity index (χ2n) is 21.5. The van der Waals surface area contributed by atoms with Crippen molar-refractivity contribution in [3.05, 3.63) is 212 Å². The Balaban J connectivity index is 0.000000193. The van der Waals surface area contributed by atoms with E-state index in [2.05, 4.69) is 110 Å². The molecule has 0 radical (unpaired) electrons. The first kappa shape index (κ1) is 81.3. The predicted molar refractivity (Wildman–Crippen MR) is 393 cm³/mol. The van der Waals surface area contributed by atoms with Crippen LogP contribution in [-0.4, -0.2) is 145 Å². The molecule has 3 aromatic carbocycles. The summed E-state index contributed by atoms with van der Waals surface area (Å²) in [6, 6.07) is 29.7. The standard InChI is InChI=1S/C19H20N6O6S.C14H12N4O4S.C13H14N4O3S.C12H12N6O3.C5H9IN2O2/c1-3-20-18(27)21-16(26)11-25-9-8-13(17-22-19(28)31-23-17)10-15(25)24-32(29,30)14-6-4-12(2)5-7-14;1-9-2-4-11(5-3-9)23(20,21)18-12-8-10(6-7-15-12)13-16-14(19)22-17-13;1-9-2-4-11(5-3-9)21(19,20)17-12-8-10(6-7-15-12)13(14)16-18;1-2-13-11(19)15-8-6-18-4-3-7(5-9(18)14-8)10-16-12(20)21-17-10;1-2-7-5(10)8-4(9)3-6/h4-10H,3,11H2,1-2H3,(H,22,23,28)(H2,20,21,26,27);2-8H,1H3,(H,15,18)(H,16,17,19);2-8,18H,1H3,(H2,14,16)(H,15,17);3-6H,2H2,1H3,(H2,13,15,19)(H,16,17,20);2-3H2,1H3,(H2,7,8,9,10). The number of hydrogen-bond acceptors (Lipinski definition) is 25. The number of carbonyl (C=O) groups is 5. The molecule has 562 valence electrons. The number of oxime groups is 1. The largest absolute Gasteiger partial charge is 0.439 e. The van der Waals surface area contributed by atoms with Gasteiger partial charge in [-0.25, -0.2) is 60.6 Å². The van der Waals surface area contributed by atoms with Crippen molar-refractivity contribution in [1.29, 1.82) is 0 Å². The number of imidazole rings is 1. The lowest BCUT2D eigenvalue weighted by Crippen LogP contribution is -2.42. The molecule has 11 rings (SSSR count). The number of aromatic amines is 3. The van der Waals surface area contributed by atoms with Crippen LogP contribution in [0.15, 0.2) is 205 Å². The van der Waals surface area contributed by atoms with Crippen LogP contribution in [0.2, 0.25) is 0 Å². The number of nitrogens with one attached hydrogen (secondary N) is 11. The lowest BCUT2D eigenvalue weighted by atomic mass is 10.2. The molecular formula is C63H67IN22O18S3. The van der Waals surface area contributed by atoms with E-state index >= 15 is 0 Å². The number of nitrogens with zero attached hydrogens (tertiary/aromatic N) is 10. The molecule has 0 aliphatic carbocycles. The summed E-state index contributed by atoms with van der Waals surface area (Å²) in [6.07, 6.45) is 7.56. The first-order valence-electron chi connectivity index (χ1n) is 31.0. The van der Waals surface area contributed by atoms with Crippen molar-refractivity contribution in [3.63, 3.8) is 0 Å². The molecule has 8 heterocycles. The average Bonchev–Trinajstić information content (AvgIpc) is 1.80. The van der Waals surface area contributed by atoms with Crippen molar-refractivity contribution in [2.45, 2.75) is 62.8 Å². The van der Waals surface area contributed by atoms with Crippen LogP contribution < -0.4 is 69.8 Å². The van der Waals surface area contributed by atoms with Crippen LogP contribution in [0.4, 0.5) is 31.8 Å². The molecule has 8 aromatic heterocycles. The molecule has 0 saturated carbocycles. The Hall–Kier alpha value is -13.0. The first-order valence-corrected chi connectivity index (χ1v) is 36.9. The number of fused-ring (bicyclic) bond motifs is 1. The second kappa shape index (κ2) is 38.0. The van der Waals surface area contributed by atoms with Crippen molar-refractivity contribution < 1.29 is 68.0 Å². The number of nitrogens with two attached hydrogens (primary N) is 1. The van der Waals surface area contributed by atoms with Crippen LogP contribution in [0.3, 0.4) is 0 Å². The van der Waals surface area contributed by atoms with Crippen molar-refractivity contribution in [1.82, 2.24) is 80.9 Å². The maximum Gasteiger partial charge on any atom is 0.439 e. The first-order chi connectivity index (χ1) is 50.9. The fraction of sp³-hybridized carbons (Fsp3) is 0.175. The number of pyridine rings is 4. The molecule has 0 saturated heterocycles. The van der Waals surface area contributed by atoms with Gasteiger partial charge in [0.25, 0.3) is 30.1 Å². The van der Waals surface area contributed by atoms with Crippen molar-refractivity contribution in [2.75, 3.05) is 38.8 Å². The SMILES string of the molecule is CCNC(=O)NC(=O)CI.CCNC(=O)NC(=O)Cn1ccc(-c2noc(=O)[nH]2)cc1=NS(=O)(=O)c1ccc(C)cc1.CCNC(=O)Nc1cn2ccc(-c3noc(=O)[nH]3)cc2n1.Cc1ccc(S(=O)(=O)Nc2cc(-c3noc(=O)[nH]3)ccn2)cc1.Cc1ccc(S(=O)(=O)Nc2cc(/C(N)=N/O)ccn2)cc1. The minimum Gasteiger partial charge on any atom is -0.409 e. The van der Waals surface area contributed by atoms with Gasteiger partial charge >= 0.3 is 35.4 Å². The summed E-state index contributed by atoms with van der Waals surface area (Å²) in [5.74, 6) is -2.02. The molecule has 0 fully saturated rings. The number of sulfonamides is 3. The van der Waals surface area contributed by atoms with E-state index in [1.54, 1.807) is 85.2 Å². The minimum absolute atomic E-state index is 0.0401. The number of aryl methyl sites for hydroxylation is 3. The highest BCUT2D eigenvalue weighted by atomic mass is 127. The number of rotatable bonds is 19. The molecule has 11 aromatic rings. The molecule has 107 heavy (non-hydrogen) atoms. The van der Waals surface area contributed by atoms with E-state index in [4.69, 9.17) is 10.9 Å². The van der Waals surface area contributed by atoms with Crippen LogP contribution in [-0.2, 0) is 46.2 Å². The lowest BCUT2D eigenvalue weighted by molar-refractivity contribution is -0.120. The Morgan fingerprint density at radius 1 is 0.551 bits per heavy atom. The fourth-order valence-electron chi connectivity index (χ4n) is 8.39. The molecular weight excluding hydrogens is 1580 g/mol. The number of urea groups is 3. The number of H-pyrrole nitrogens is 3. The number of aromatic nitrogens is 11.